The number of aliphatic hydroxyl groups excluding tert-OH is 2. The van der Waals surface area contributed by atoms with Crippen LogP contribution in [0.2, 0.25) is 0 Å². The van der Waals surface area contributed by atoms with Crippen molar-refractivity contribution in [2.24, 2.45) is 0 Å². The van der Waals surface area contributed by atoms with E-state index in [4.69, 9.17) is 23.6 Å². The van der Waals surface area contributed by atoms with E-state index in [0.717, 1.165) is 32.1 Å². The number of ether oxygens (including phenoxy) is 2. The molecule has 0 radical (unpaired) electrons. The largest absolute Gasteiger partial charge is 0.472 e. The van der Waals surface area contributed by atoms with Gasteiger partial charge in [-0.05, 0) is 12.8 Å². The molecular formula is C52H103O10P. The number of carbonyl (C=O) groups excluding carboxylic acids is 2. The molecule has 3 atom stereocenters. The van der Waals surface area contributed by atoms with Crippen molar-refractivity contribution >= 4 is 19.8 Å². The van der Waals surface area contributed by atoms with Crippen LogP contribution in [0.15, 0.2) is 0 Å². The molecule has 0 fully saturated rings. The minimum atomic E-state index is -4.62. The number of phosphoric acid groups is 1. The Hall–Kier alpha value is -1.03. The molecule has 3 N–H and O–H groups in total. The maximum atomic E-state index is 12.7. The smallest absolute Gasteiger partial charge is 0.462 e. The molecule has 0 heterocycles. The Balaban J connectivity index is 4.09. The molecule has 11 heteroatoms. The molecule has 0 spiro atoms. The summed E-state index contributed by atoms with van der Waals surface area (Å²) in [5.74, 6) is -0.901. The van der Waals surface area contributed by atoms with Gasteiger partial charge in [-0.15, -0.1) is 0 Å². The fraction of sp³-hybridized carbons (Fsp3) is 0.962. The summed E-state index contributed by atoms with van der Waals surface area (Å²) >= 11 is 0. The van der Waals surface area contributed by atoms with E-state index >= 15 is 0 Å². The van der Waals surface area contributed by atoms with E-state index in [1.54, 1.807) is 0 Å². The van der Waals surface area contributed by atoms with Gasteiger partial charge in [0, 0.05) is 12.8 Å². The lowest BCUT2D eigenvalue weighted by Gasteiger charge is -2.20. The molecule has 0 bridgehead atoms. The van der Waals surface area contributed by atoms with Crippen LogP contribution in [0, 0.1) is 0 Å². The molecule has 0 aliphatic heterocycles. The molecule has 0 saturated heterocycles. The van der Waals surface area contributed by atoms with Crippen LogP contribution in [-0.4, -0.2) is 65.7 Å². The number of esters is 2. The molecule has 1 unspecified atom stereocenters. The van der Waals surface area contributed by atoms with Crippen LogP contribution >= 0.6 is 7.82 Å². The Morgan fingerprint density at radius 1 is 0.413 bits per heavy atom. The van der Waals surface area contributed by atoms with Crippen LogP contribution in [-0.2, 0) is 32.7 Å². The predicted octanol–water partition coefficient (Wildman–Crippen LogP) is 15.4. The molecule has 63 heavy (non-hydrogen) atoms. The van der Waals surface area contributed by atoms with Crippen LogP contribution in [0.4, 0.5) is 0 Å². The summed E-state index contributed by atoms with van der Waals surface area (Å²) in [5, 5.41) is 18.4. The van der Waals surface area contributed by atoms with Gasteiger partial charge >= 0.3 is 19.8 Å². The lowest BCUT2D eigenvalue weighted by molar-refractivity contribution is -0.161. The average Bonchev–Trinajstić information content (AvgIpc) is 3.27. The first-order valence-corrected chi connectivity index (χ1v) is 28.5. The zero-order valence-electron chi connectivity index (χ0n) is 41.3. The Morgan fingerprint density at radius 3 is 0.984 bits per heavy atom. The highest BCUT2D eigenvalue weighted by Crippen LogP contribution is 2.43. The molecular weight excluding hydrogens is 816 g/mol. The van der Waals surface area contributed by atoms with Gasteiger partial charge in [0.25, 0.3) is 0 Å². The molecule has 0 aromatic rings. The number of rotatable bonds is 52. The molecule has 0 aliphatic rings. The molecule has 0 saturated carbocycles. The van der Waals surface area contributed by atoms with Crippen LogP contribution in [0.3, 0.4) is 0 Å². The maximum Gasteiger partial charge on any atom is 0.472 e. The standard InChI is InChI=1S/C52H103O10P/c1-3-5-7-9-11-13-15-17-19-21-23-24-25-26-28-30-32-34-36-38-40-42-44-52(56)62-50(48-61-63(57,58)60-46-49(54)45-53)47-59-51(55)43-41-39-37-35-33-31-29-27-22-20-18-16-14-12-10-8-6-4-2/h49-50,53-54H,3-48H2,1-2H3,(H,57,58)/t49-,50+/m0/s1. The van der Waals surface area contributed by atoms with Crippen molar-refractivity contribution in [1.82, 2.24) is 0 Å². The molecule has 0 aromatic carbocycles. The Morgan fingerprint density at radius 2 is 0.683 bits per heavy atom. The fourth-order valence-electron chi connectivity index (χ4n) is 8.12. The van der Waals surface area contributed by atoms with Crippen LogP contribution in [0.1, 0.15) is 284 Å². The third kappa shape index (κ3) is 48.7. The van der Waals surface area contributed by atoms with Crippen molar-refractivity contribution in [3.8, 4) is 0 Å². The summed E-state index contributed by atoms with van der Waals surface area (Å²) in [5.41, 5.74) is 0. The molecule has 0 aliphatic carbocycles. The number of carbonyl (C=O) groups is 2. The Labute approximate surface area is 388 Å². The van der Waals surface area contributed by atoms with Gasteiger partial charge in [0.15, 0.2) is 6.10 Å². The fourth-order valence-corrected chi connectivity index (χ4v) is 8.91. The van der Waals surface area contributed by atoms with E-state index in [0.29, 0.717) is 12.8 Å². The summed E-state index contributed by atoms with van der Waals surface area (Å²) in [6.07, 6.45) is 49.3. The third-order valence-corrected chi connectivity index (χ3v) is 13.2. The summed E-state index contributed by atoms with van der Waals surface area (Å²) in [7, 11) is -4.62. The minimum Gasteiger partial charge on any atom is -0.462 e. The number of unbranched alkanes of at least 4 members (excludes halogenated alkanes) is 38. The van der Waals surface area contributed by atoms with Gasteiger partial charge < -0.3 is 24.6 Å². The van der Waals surface area contributed by atoms with Crippen molar-refractivity contribution in [2.45, 2.75) is 296 Å². The molecule has 0 rings (SSSR count). The summed E-state index contributed by atoms with van der Waals surface area (Å²) < 4.78 is 32.9. The monoisotopic (exact) mass is 919 g/mol. The molecule has 0 amide bonds. The van der Waals surface area contributed by atoms with Gasteiger partial charge in [0.2, 0.25) is 0 Å². The van der Waals surface area contributed by atoms with Crippen molar-refractivity contribution in [1.29, 1.82) is 0 Å². The van der Waals surface area contributed by atoms with Gasteiger partial charge in [0.05, 0.1) is 19.8 Å². The zero-order valence-corrected chi connectivity index (χ0v) is 42.2. The van der Waals surface area contributed by atoms with E-state index < -0.39 is 51.8 Å². The van der Waals surface area contributed by atoms with Gasteiger partial charge in [0.1, 0.15) is 12.7 Å². The minimum absolute atomic E-state index is 0.193. The van der Waals surface area contributed by atoms with E-state index in [1.165, 1.54) is 212 Å². The quantitative estimate of drug-likeness (QED) is 0.0306. The first-order chi connectivity index (χ1) is 30.7. The highest BCUT2D eigenvalue weighted by atomic mass is 31.2. The first-order valence-electron chi connectivity index (χ1n) is 27.0. The second kappa shape index (κ2) is 48.9. The second-order valence-corrected chi connectivity index (χ2v) is 20.1. The maximum absolute atomic E-state index is 12.7. The van der Waals surface area contributed by atoms with Crippen LogP contribution in [0.5, 0.6) is 0 Å². The van der Waals surface area contributed by atoms with Gasteiger partial charge in [-0.25, -0.2) is 4.57 Å². The normalized spacial score (nSPS) is 13.5. The topological polar surface area (TPSA) is 149 Å². The van der Waals surface area contributed by atoms with Gasteiger partial charge in [-0.1, -0.05) is 258 Å². The van der Waals surface area contributed by atoms with Gasteiger partial charge in [-0.2, -0.15) is 0 Å². The number of hydrogen-bond donors (Lipinski definition) is 3. The number of hydrogen-bond acceptors (Lipinski definition) is 9. The van der Waals surface area contributed by atoms with Crippen molar-refractivity contribution in [2.75, 3.05) is 26.4 Å². The van der Waals surface area contributed by atoms with E-state index in [2.05, 4.69) is 13.8 Å². The third-order valence-electron chi connectivity index (χ3n) is 12.3. The lowest BCUT2D eigenvalue weighted by Crippen LogP contribution is -2.29. The molecule has 0 aromatic heterocycles. The van der Waals surface area contributed by atoms with E-state index in [1.807, 2.05) is 0 Å². The molecule has 10 nitrogen and oxygen atoms in total. The predicted molar refractivity (Wildman–Crippen MR) is 261 cm³/mol. The van der Waals surface area contributed by atoms with Crippen LogP contribution in [0.25, 0.3) is 0 Å². The van der Waals surface area contributed by atoms with Crippen molar-refractivity contribution in [3.63, 3.8) is 0 Å². The Kier molecular flexibility index (Phi) is 48.1. The van der Waals surface area contributed by atoms with Crippen molar-refractivity contribution in [3.05, 3.63) is 0 Å². The van der Waals surface area contributed by atoms with Gasteiger partial charge in [-0.3, -0.25) is 18.6 Å². The lowest BCUT2D eigenvalue weighted by atomic mass is 10.0. The summed E-state index contributed by atoms with van der Waals surface area (Å²) in [4.78, 5) is 35.2. The number of phosphoric ester groups is 1. The summed E-state index contributed by atoms with van der Waals surface area (Å²) in [6, 6.07) is 0. The highest BCUT2D eigenvalue weighted by molar-refractivity contribution is 7.47. The second-order valence-electron chi connectivity index (χ2n) is 18.6. The number of aliphatic hydroxyl groups is 2. The summed E-state index contributed by atoms with van der Waals surface area (Å²) in [6.45, 7) is 2.46. The zero-order chi connectivity index (χ0) is 46.2. The molecule has 376 valence electrons. The van der Waals surface area contributed by atoms with Crippen LogP contribution < -0.4 is 0 Å². The van der Waals surface area contributed by atoms with Crippen molar-refractivity contribution < 1.29 is 47.8 Å². The first kappa shape index (κ1) is 62.0. The van der Waals surface area contributed by atoms with E-state index in [-0.39, 0.29) is 19.4 Å². The Bertz CT molecular complexity index is 1010. The highest BCUT2D eigenvalue weighted by Gasteiger charge is 2.27. The SMILES string of the molecule is CCCCCCCCCCCCCCCCCCCCCCCCC(=O)O[C@H](COC(=O)CCCCCCCCCCCCCCCCCCCC)COP(=O)(O)OC[C@@H](O)CO. The average molecular weight is 919 g/mol. The van der Waals surface area contributed by atoms with E-state index in [9.17, 15) is 24.2 Å².